The van der Waals surface area contributed by atoms with Crippen molar-refractivity contribution in [3.63, 3.8) is 0 Å². The van der Waals surface area contributed by atoms with E-state index in [4.69, 9.17) is 11.6 Å². The van der Waals surface area contributed by atoms with Gasteiger partial charge in [0.15, 0.2) is 0 Å². The summed E-state index contributed by atoms with van der Waals surface area (Å²) in [6.07, 6.45) is 10.8. The smallest absolute Gasteiger partial charge is 0.0390 e. The van der Waals surface area contributed by atoms with Gasteiger partial charge in [-0.3, -0.25) is 0 Å². The summed E-state index contributed by atoms with van der Waals surface area (Å²) < 4.78 is 0. The lowest BCUT2D eigenvalue weighted by Crippen LogP contribution is -2.08. The maximum Gasteiger partial charge on any atom is 0.0390 e. The summed E-state index contributed by atoms with van der Waals surface area (Å²) >= 11 is 6.10. The van der Waals surface area contributed by atoms with Crippen molar-refractivity contribution in [1.29, 1.82) is 0 Å². The minimum Gasteiger partial charge on any atom is -0.120 e. The van der Waals surface area contributed by atoms with Crippen LogP contribution in [0.1, 0.15) is 72.1 Å². The summed E-state index contributed by atoms with van der Waals surface area (Å²) in [5.74, 6) is 0. The van der Waals surface area contributed by atoms with E-state index in [1.807, 2.05) is 0 Å². The molecule has 0 aliphatic rings. The summed E-state index contributed by atoms with van der Waals surface area (Å²) in [6.45, 7) is 6.47. The predicted molar refractivity (Wildman–Crippen MR) is 62.5 cm³/mol. The Balaban J connectivity index is 3.00. The minimum absolute atomic E-state index is 0.0173. The zero-order chi connectivity index (χ0) is 10.2. The van der Waals surface area contributed by atoms with Gasteiger partial charge < -0.3 is 0 Å². The molecule has 1 heteroatoms. The van der Waals surface area contributed by atoms with Crippen LogP contribution in [-0.2, 0) is 0 Å². The van der Waals surface area contributed by atoms with Crippen LogP contribution in [0.4, 0.5) is 0 Å². The molecule has 0 fully saturated rings. The lowest BCUT2D eigenvalue weighted by molar-refractivity contribution is 0.531. The Morgan fingerprint density at radius 3 is 1.77 bits per heavy atom. The van der Waals surface area contributed by atoms with Gasteiger partial charge in [-0.25, -0.2) is 0 Å². The molecular formula is C12H25Cl. The average Bonchev–Trinajstić information content (AvgIpc) is 2.01. The molecule has 80 valence electrons. The van der Waals surface area contributed by atoms with Crippen LogP contribution in [0.3, 0.4) is 0 Å². The minimum atomic E-state index is 0.0173. The van der Waals surface area contributed by atoms with Gasteiger partial charge in [0.05, 0.1) is 0 Å². The van der Waals surface area contributed by atoms with Crippen molar-refractivity contribution in [2.75, 3.05) is 0 Å². The number of rotatable bonds is 8. The van der Waals surface area contributed by atoms with Crippen molar-refractivity contribution in [3.05, 3.63) is 0 Å². The van der Waals surface area contributed by atoms with Crippen molar-refractivity contribution >= 4 is 11.6 Å². The molecule has 0 atom stereocenters. The topological polar surface area (TPSA) is 0 Å². The second-order valence-electron chi connectivity index (χ2n) is 4.59. The number of hydrogen-bond donors (Lipinski definition) is 0. The zero-order valence-corrected chi connectivity index (χ0v) is 10.3. The van der Waals surface area contributed by atoms with Crippen LogP contribution in [0.2, 0.25) is 0 Å². The quantitative estimate of drug-likeness (QED) is 0.379. The second kappa shape index (κ2) is 7.67. The Hall–Kier alpha value is 0.290. The SMILES string of the molecule is CCCCCCCCCC(C)(C)Cl. The van der Waals surface area contributed by atoms with Crippen LogP contribution >= 0.6 is 11.6 Å². The third-order valence-electron chi connectivity index (χ3n) is 2.37. The van der Waals surface area contributed by atoms with Gasteiger partial charge >= 0.3 is 0 Å². The standard InChI is InChI=1S/C12H25Cl/c1-4-5-6-7-8-9-10-11-12(2,3)13/h4-11H2,1-3H3. The van der Waals surface area contributed by atoms with Gasteiger partial charge in [-0.1, -0.05) is 51.9 Å². The summed E-state index contributed by atoms with van der Waals surface area (Å²) in [6, 6.07) is 0. The Kier molecular flexibility index (Phi) is 7.84. The maximum absolute atomic E-state index is 6.10. The molecule has 0 aromatic rings. The zero-order valence-electron chi connectivity index (χ0n) is 9.53. The number of halogens is 1. The highest BCUT2D eigenvalue weighted by Crippen LogP contribution is 2.21. The van der Waals surface area contributed by atoms with Crippen LogP contribution < -0.4 is 0 Å². The lowest BCUT2D eigenvalue weighted by atomic mass is 10.0. The highest BCUT2D eigenvalue weighted by Gasteiger charge is 2.11. The van der Waals surface area contributed by atoms with Crippen molar-refractivity contribution in [1.82, 2.24) is 0 Å². The normalized spacial score (nSPS) is 12.0. The van der Waals surface area contributed by atoms with Gasteiger partial charge in [-0.2, -0.15) is 0 Å². The fourth-order valence-electron chi connectivity index (χ4n) is 1.50. The molecule has 0 saturated heterocycles. The van der Waals surface area contributed by atoms with Crippen LogP contribution in [0, 0.1) is 0 Å². The van der Waals surface area contributed by atoms with E-state index >= 15 is 0 Å². The summed E-state index contributed by atoms with van der Waals surface area (Å²) in [4.78, 5) is 0.0173. The van der Waals surface area contributed by atoms with E-state index in [-0.39, 0.29) is 4.87 Å². The van der Waals surface area contributed by atoms with Crippen molar-refractivity contribution in [2.45, 2.75) is 77.0 Å². The fraction of sp³-hybridized carbons (Fsp3) is 1.00. The van der Waals surface area contributed by atoms with E-state index in [9.17, 15) is 0 Å². The van der Waals surface area contributed by atoms with E-state index in [2.05, 4.69) is 20.8 Å². The van der Waals surface area contributed by atoms with E-state index < -0.39 is 0 Å². The Morgan fingerprint density at radius 2 is 1.31 bits per heavy atom. The first-order valence-corrected chi connectivity index (χ1v) is 6.13. The van der Waals surface area contributed by atoms with Gasteiger partial charge in [0.2, 0.25) is 0 Å². The molecule has 13 heavy (non-hydrogen) atoms. The highest BCUT2D eigenvalue weighted by molar-refractivity contribution is 6.23. The second-order valence-corrected chi connectivity index (χ2v) is 5.61. The average molecular weight is 205 g/mol. The molecule has 0 amide bonds. The molecule has 0 unspecified atom stereocenters. The van der Waals surface area contributed by atoms with Crippen molar-refractivity contribution < 1.29 is 0 Å². The predicted octanol–water partition coefficient (Wildman–Crippen LogP) is 5.14. The van der Waals surface area contributed by atoms with Gasteiger partial charge in [0.1, 0.15) is 0 Å². The van der Waals surface area contributed by atoms with Gasteiger partial charge in [0.25, 0.3) is 0 Å². The lowest BCUT2D eigenvalue weighted by Gasteiger charge is -2.14. The maximum atomic E-state index is 6.10. The van der Waals surface area contributed by atoms with E-state index in [1.54, 1.807) is 0 Å². The van der Waals surface area contributed by atoms with Crippen molar-refractivity contribution in [3.8, 4) is 0 Å². The molecule has 0 rings (SSSR count). The number of hydrogen-bond acceptors (Lipinski definition) is 0. The summed E-state index contributed by atoms with van der Waals surface area (Å²) in [5.41, 5.74) is 0. The highest BCUT2D eigenvalue weighted by atomic mass is 35.5. The number of alkyl halides is 1. The van der Waals surface area contributed by atoms with Crippen LogP contribution in [0.25, 0.3) is 0 Å². The molecule has 0 nitrogen and oxygen atoms in total. The first-order valence-electron chi connectivity index (χ1n) is 5.75. The van der Waals surface area contributed by atoms with E-state index in [0.717, 1.165) is 6.42 Å². The van der Waals surface area contributed by atoms with E-state index in [0.29, 0.717) is 0 Å². The molecule has 0 radical (unpaired) electrons. The first-order chi connectivity index (χ1) is 6.06. The molecule has 0 aliphatic carbocycles. The van der Waals surface area contributed by atoms with E-state index in [1.165, 1.54) is 44.9 Å². The Bertz CT molecular complexity index is 102. The van der Waals surface area contributed by atoms with Crippen LogP contribution in [0.5, 0.6) is 0 Å². The largest absolute Gasteiger partial charge is 0.120 e. The Morgan fingerprint density at radius 1 is 0.846 bits per heavy atom. The van der Waals surface area contributed by atoms with Gasteiger partial charge in [-0.05, 0) is 20.3 Å². The molecule has 0 heterocycles. The first kappa shape index (κ1) is 13.3. The molecule has 0 bridgehead atoms. The summed E-state index contributed by atoms with van der Waals surface area (Å²) in [7, 11) is 0. The third kappa shape index (κ3) is 12.3. The molecule has 0 aliphatic heterocycles. The van der Waals surface area contributed by atoms with Crippen molar-refractivity contribution in [2.24, 2.45) is 0 Å². The van der Waals surface area contributed by atoms with Gasteiger partial charge in [0, 0.05) is 4.87 Å². The van der Waals surface area contributed by atoms with Gasteiger partial charge in [-0.15, -0.1) is 11.6 Å². The molecule has 0 saturated carbocycles. The molecule has 0 aromatic carbocycles. The molecule has 0 N–H and O–H groups in total. The molecular weight excluding hydrogens is 180 g/mol. The van der Waals surface area contributed by atoms with Crippen LogP contribution in [-0.4, -0.2) is 4.87 Å². The molecule has 0 spiro atoms. The molecule has 0 aromatic heterocycles. The fourth-order valence-corrected chi connectivity index (χ4v) is 1.64. The van der Waals surface area contributed by atoms with Crippen LogP contribution in [0.15, 0.2) is 0 Å². The third-order valence-corrected chi connectivity index (χ3v) is 2.56. The number of unbranched alkanes of at least 4 members (excludes halogenated alkanes) is 6. The Labute approximate surface area is 89.1 Å². The summed E-state index contributed by atoms with van der Waals surface area (Å²) in [5, 5.41) is 0. The monoisotopic (exact) mass is 204 g/mol.